The van der Waals surface area contributed by atoms with E-state index in [4.69, 9.17) is 4.74 Å². The smallest absolute Gasteiger partial charge is 0.289 e. The summed E-state index contributed by atoms with van der Waals surface area (Å²) in [5.74, 6) is 0.349. The van der Waals surface area contributed by atoms with Gasteiger partial charge in [0.25, 0.3) is 5.69 Å². The number of sulfonamides is 1. The topological polar surface area (TPSA) is 114 Å². The molecule has 0 aliphatic carbocycles. The number of nitrogens with zero attached hydrogens (tertiary/aromatic N) is 1. The summed E-state index contributed by atoms with van der Waals surface area (Å²) in [5, 5.41) is 12.3. The van der Waals surface area contributed by atoms with E-state index in [-0.39, 0.29) is 17.4 Å². The van der Waals surface area contributed by atoms with Crippen LogP contribution in [0.3, 0.4) is 0 Å². The van der Waals surface area contributed by atoms with Gasteiger partial charge < -0.3 is 9.72 Å². The number of methoxy groups -OCH3 is 1. The molecule has 0 aliphatic rings. The molecule has 0 spiro atoms. The molecule has 8 nitrogen and oxygen atoms in total. The number of rotatable bonds is 8. The first kappa shape index (κ1) is 21.5. The minimum absolute atomic E-state index is 0.0164. The molecule has 4 rings (SSSR count). The van der Waals surface area contributed by atoms with Crippen LogP contribution in [0.5, 0.6) is 5.75 Å². The maximum absolute atomic E-state index is 13.0. The van der Waals surface area contributed by atoms with Gasteiger partial charge in [0.15, 0.2) is 4.90 Å². The molecule has 2 N–H and O–H groups in total. The molecule has 0 radical (unpaired) electrons. The molecule has 164 valence electrons. The Kier molecular flexibility index (Phi) is 5.93. The van der Waals surface area contributed by atoms with E-state index in [1.165, 1.54) is 24.3 Å². The second-order valence-electron chi connectivity index (χ2n) is 7.19. The molecule has 0 fully saturated rings. The van der Waals surface area contributed by atoms with Crippen LogP contribution < -0.4 is 9.46 Å². The number of para-hydroxylation sites is 2. The van der Waals surface area contributed by atoms with Crippen LogP contribution >= 0.6 is 0 Å². The summed E-state index contributed by atoms with van der Waals surface area (Å²) >= 11 is 0. The normalized spacial score (nSPS) is 12.5. The molecule has 4 aromatic rings. The molecule has 0 bridgehead atoms. The van der Waals surface area contributed by atoms with Crippen LogP contribution in [-0.4, -0.2) is 32.0 Å². The lowest BCUT2D eigenvalue weighted by Crippen LogP contribution is -2.29. The maximum Gasteiger partial charge on any atom is 0.289 e. The number of nitro groups is 1. The van der Waals surface area contributed by atoms with Crippen LogP contribution in [0.1, 0.15) is 17.0 Å². The van der Waals surface area contributed by atoms with Gasteiger partial charge in [-0.3, -0.25) is 10.1 Å². The predicted octanol–water partition coefficient (Wildman–Crippen LogP) is 4.20. The van der Waals surface area contributed by atoms with Gasteiger partial charge in [-0.2, -0.15) is 0 Å². The molecule has 0 unspecified atom stereocenters. The molecule has 0 saturated carbocycles. The zero-order valence-electron chi connectivity index (χ0n) is 17.2. The van der Waals surface area contributed by atoms with Gasteiger partial charge in [-0.05, 0) is 35.4 Å². The fourth-order valence-corrected chi connectivity index (χ4v) is 4.95. The number of aromatic nitrogens is 1. The highest BCUT2D eigenvalue weighted by Gasteiger charge is 2.27. The third-order valence-corrected chi connectivity index (χ3v) is 6.81. The van der Waals surface area contributed by atoms with Crippen molar-refractivity contribution in [2.45, 2.75) is 10.8 Å². The molecule has 0 amide bonds. The van der Waals surface area contributed by atoms with Crippen molar-refractivity contribution in [3.8, 4) is 5.75 Å². The number of nitro benzene ring substituents is 1. The monoisotopic (exact) mass is 451 g/mol. The first-order valence-electron chi connectivity index (χ1n) is 9.84. The lowest BCUT2D eigenvalue weighted by molar-refractivity contribution is -0.387. The zero-order valence-corrected chi connectivity index (χ0v) is 18.0. The number of hydrogen-bond donors (Lipinski definition) is 2. The number of ether oxygens (including phenoxy) is 1. The Morgan fingerprint density at radius 1 is 1.03 bits per heavy atom. The van der Waals surface area contributed by atoms with Gasteiger partial charge in [0, 0.05) is 35.6 Å². The zero-order chi connectivity index (χ0) is 22.7. The van der Waals surface area contributed by atoms with Gasteiger partial charge in [-0.1, -0.05) is 42.5 Å². The molecule has 1 heterocycles. The fourth-order valence-electron chi connectivity index (χ4n) is 3.73. The Labute approximate surface area is 185 Å². The van der Waals surface area contributed by atoms with Gasteiger partial charge in [0.05, 0.1) is 12.0 Å². The standard InChI is InChI=1S/C23H21N3O5S/c1-31-17-12-10-16(11-13-17)19(20-14-24-21-7-3-2-6-18(20)21)15-25-32(29,30)23-9-5-4-8-22(23)26(27)28/h2-14,19,24-25H,15H2,1H3/t19-/m0/s1. The van der Waals surface area contributed by atoms with Gasteiger partial charge in [0.2, 0.25) is 10.0 Å². The molecular formula is C23H21N3O5S. The largest absolute Gasteiger partial charge is 0.497 e. The summed E-state index contributed by atoms with van der Waals surface area (Å²) in [7, 11) is -2.55. The Morgan fingerprint density at radius 2 is 1.72 bits per heavy atom. The molecule has 1 aromatic heterocycles. The number of nitrogens with one attached hydrogen (secondary N) is 2. The van der Waals surface area contributed by atoms with Crippen molar-refractivity contribution < 1.29 is 18.1 Å². The van der Waals surface area contributed by atoms with Gasteiger partial charge in [-0.15, -0.1) is 0 Å². The van der Waals surface area contributed by atoms with Crippen molar-refractivity contribution in [2.24, 2.45) is 0 Å². The van der Waals surface area contributed by atoms with E-state index in [1.54, 1.807) is 7.11 Å². The summed E-state index contributed by atoms with van der Waals surface area (Å²) < 4.78 is 33.8. The number of hydrogen-bond acceptors (Lipinski definition) is 5. The summed E-state index contributed by atoms with van der Waals surface area (Å²) in [4.78, 5) is 13.5. The van der Waals surface area contributed by atoms with Crippen LogP contribution in [0.4, 0.5) is 5.69 Å². The van der Waals surface area contributed by atoms with Crippen molar-refractivity contribution in [3.05, 3.63) is 100 Å². The molecule has 0 aliphatic heterocycles. The highest BCUT2D eigenvalue weighted by Crippen LogP contribution is 2.32. The van der Waals surface area contributed by atoms with Crippen molar-refractivity contribution in [2.75, 3.05) is 13.7 Å². The lowest BCUT2D eigenvalue weighted by Gasteiger charge is -2.19. The second kappa shape index (κ2) is 8.81. The highest BCUT2D eigenvalue weighted by atomic mass is 32.2. The van der Waals surface area contributed by atoms with Crippen molar-refractivity contribution in [1.82, 2.24) is 9.71 Å². The van der Waals surface area contributed by atoms with Crippen LogP contribution in [0.15, 0.2) is 83.9 Å². The Morgan fingerprint density at radius 3 is 2.44 bits per heavy atom. The van der Waals surface area contributed by atoms with E-state index in [2.05, 4.69) is 9.71 Å². The van der Waals surface area contributed by atoms with Crippen molar-refractivity contribution in [1.29, 1.82) is 0 Å². The van der Waals surface area contributed by atoms with E-state index >= 15 is 0 Å². The van der Waals surface area contributed by atoms with E-state index in [0.717, 1.165) is 22.0 Å². The molecule has 1 atom stereocenters. The summed E-state index contributed by atoms with van der Waals surface area (Å²) in [6.45, 7) is 0.0164. The van der Waals surface area contributed by atoms with Crippen LogP contribution in [-0.2, 0) is 10.0 Å². The van der Waals surface area contributed by atoms with E-state index in [9.17, 15) is 18.5 Å². The van der Waals surface area contributed by atoms with Gasteiger partial charge in [0.1, 0.15) is 5.75 Å². The average molecular weight is 452 g/mol. The van der Waals surface area contributed by atoms with Crippen LogP contribution in [0.2, 0.25) is 0 Å². The summed E-state index contributed by atoms with van der Waals surface area (Å²) in [5.41, 5.74) is 2.26. The molecular weight excluding hydrogens is 430 g/mol. The molecule has 9 heteroatoms. The average Bonchev–Trinajstić information content (AvgIpc) is 3.23. The number of H-pyrrole nitrogens is 1. The quantitative estimate of drug-likeness (QED) is 0.308. The summed E-state index contributed by atoms with van der Waals surface area (Å²) in [6.07, 6.45) is 1.86. The van der Waals surface area contributed by atoms with E-state index in [0.29, 0.717) is 5.75 Å². The molecule has 0 saturated heterocycles. The minimum Gasteiger partial charge on any atom is -0.497 e. The first-order chi connectivity index (χ1) is 15.4. The van der Waals surface area contributed by atoms with E-state index in [1.807, 2.05) is 54.7 Å². The predicted molar refractivity (Wildman–Crippen MR) is 121 cm³/mol. The number of fused-ring (bicyclic) bond motifs is 1. The second-order valence-corrected chi connectivity index (χ2v) is 8.93. The van der Waals surface area contributed by atoms with Crippen LogP contribution in [0, 0.1) is 10.1 Å². The molecule has 3 aromatic carbocycles. The minimum atomic E-state index is -4.12. The first-order valence-corrected chi connectivity index (χ1v) is 11.3. The number of aromatic amines is 1. The Bertz CT molecular complexity index is 1360. The third-order valence-electron chi connectivity index (χ3n) is 5.34. The Hall–Kier alpha value is -3.69. The fraction of sp³-hybridized carbons (Fsp3) is 0.130. The Balaban J connectivity index is 1.72. The SMILES string of the molecule is COc1ccc([C@H](CNS(=O)(=O)c2ccccc2[N+](=O)[O-])c2c[nH]c3ccccc23)cc1. The van der Waals surface area contributed by atoms with E-state index < -0.39 is 20.6 Å². The van der Waals surface area contributed by atoms with Gasteiger partial charge in [-0.25, -0.2) is 13.1 Å². The lowest BCUT2D eigenvalue weighted by atomic mass is 9.91. The van der Waals surface area contributed by atoms with Gasteiger partial charge >= 0.3 is 0 Å². The molecule has 32 heavy (non-hydrogen) atoms. The number of benzene rings is 3. The third kappa shape index (κ3) is 4.20. The highest BCUT2D eigenvalue weighted by molar-refractivity contribution is 7.89. The maximum atomic E-state index is 13.0. The summed E-state index contributed by atoms with van der Waals surface area (Å²) in [6, 6.07) is 20.4. The van der Waals surface area contributed by atoms with Crippen molar-refractivity contribution in [3.63, 3.8) is 0 Å². The van der Waals surface area contributed by atoms with Crippen LogP contribution in [0.25, 0.3) is 10.9 Å². The van der Waals surface area contributed by atoms with Crippen molar-refractivity contribution >= 4 is 26.6 Å².